The number of piperidine rings is 1. The molecule has 1 unspecified atom stereocenters. The van der Waals surface area contributed by atoms with Crippen molar-refractivity contribution in [3.8, 4) is 0 Å². The van der Waals surface area contributed by atoms with Crippen molar-refractivity contribution in [1.82, 2.24) is 4.90 Å². The molecule has 1 atom stereocenters. The summed E-state index contributed by atoms with van der Waals surface area (Å²) in [6, 6.07) is 12.4. The van der Waals surface area contributed by atoms with Gasteiger partial charge in [-0.1, -0.05) is 18.2 Å². The monoisotopic (exact) mass is 454 g/mol. The van der Waals surface area contributed by atoms with E-state index in [1.54, 1.807) is 4.90 Å². The van der Waals surface area contributed by atoms with Crippen molar-refractivity contribution in [2.45, 2.75) is 19.3 Å². The second-order valence-electron chi connectivity index (χ2n) is 8.25. The molecule has 0 saturated carbocycles. The average molecular weight is 454 g/mol. The highest BCUT2D eigenvalue weighted by Crippen LogP contribution is 2.31. The standard InChI is InChI=1S/C23H23FN4O5/c24-19-7-6-18(13-20(19)28(32)33)27-14-16(12-21(27)29)23(31)26-10-8-15(9-11-26)22(30)25-17-4-2-1-3-5-17/h1-7,13,15-16H,8-12,14H2,(H,25,30). The Morgan fingerprint density at radius 3 is 2.42 bits per heavy atom. The van der Waals surface area contributed by atoms with Gasteiger partial charge in [-0.05, 0) is 37.1 Å². The molecule has 33 heavy (non-hydrogen) atoms. The minimum atomic E-state index is -0.984. The van der Waals surface area contributed by atoms with Crippen molar-refractivity contribution in [3.05, 3.63) is 64.5 Å². The highest BCUT2D eigenvalue weighted by atomic mass is 19.1. The number of halogens is 1. The van der Waals surface area contributed by atoms with E-state index in [0.717, 1.165) is 17.8 Å². The number of nitro benzene ring substituents is 1. The first kappa shape index (κ1) is 22.4. The normalized spacial score (nSPS) is 18.9. The number of carbonyl (C=O) groups excluding carboxylic acids is 3. The van der Waals surface area contributed by atoms with Gasteiger partial charge in [0.1, 0.15) is 0 Å². The quantitative estimate of drug-likeness (QED) is 0.551. The van der Waals surface area contributed by atoms with Gasteiger partial charge >= 0.3 is 5.69 Å². The highest BCUT2D eigenvalue weighted by Gasteiger charge is 2.39. The molecule has 2 saturated heterocycles. The number of nitrogens with one attached hydrogen (secondary N) is 1. The van der Waals surface area contributed by atoms with Crippen LogP contribution in [0.3, 0.4) is 0 Å². The smallest absolute Gasteiger partial charge is 0.306 e. The van der Waals surface area contributed by atoms with Crippen molar-refractivity contribution < 1.29 is 23.7 Å². The van der Waals surface area contributed by atoms with Gasteiger partial charge in [0.05, 0.1) is 16.5 Å². The maximum atomic E-state index is 13.6. The molecule has 2 fully saturated rings. The molecule has 10 heteroatoms. The molecule has 9 nitrogen and oxygen atoms in total. The van der Waals surface area contributed by atoms with Crippen LogP contribution in [0.2, 0.25) is 0 Å². The third-order valence-electron chi connectivity index (χ3n) is 6.13. The van der Waals surface area contributed by atoms with Gasteiger partial charge in [0.25, 0.3) is 0 Å². The van der Waals surface area contributed by atoms with Gasteiger partial charge in [-0.15, -0.1) is 0 Å². The number of anilines is 2. The summed E-state index contributed by atoms with van der Waals surface area (Å²) in [5.74, 6) is -2.36. The Hall–Kier alpha value is -3.82. The second-order valence-corrected chi connectivity index (χ2v) is 8.25. The third-order valence-corrected chi connectivity index (χ3v) is 6.13. The van der Waals surface area contributed by atoms with Crippen LogP contribution in [-0.2, 0) is 14.4 Å². The third kappa shape index (κ3) is 4.84. The molecule has 2 aliphatic rings. The minimum Gasteiger partial charge on any atom is -0.342 e. The van der Waals surface area contributed by atoms with Gasteiger partial charge in [-0.3, -0.25) is 24.5 Å². The Labute approximate surface area is 189 Å². The molecule has 0 bridgehead atoms. The number of amides is 3. The molecule has 2 aromatic rings. The number of likely N-dealkylation sites (tertiary alicyclic amines) is 1. The lowest BCUT2D eigenvalue weighted by Crippen LogP contribution is -2.44. The maximum Gasteiger partial charge on any atom is 0.306 e. The molecule has 0 radical (unpaired) electrons. The lowest BCUT2D eigenvalue weighted by molar-refractivity contribution is -0.387. The Balaban J connectivity index is 1.34. The van der Waals surface area contributed by atoms with Gasteiger partial charge in [-0.25, -0.2) is 0 Å². The zero-order chi connectivity index (χ0) is 23.5. The Kier molecular flexibility index (Phi) is 6.34. The van der Waals surface area contributed by atoms with Crippen LogP contribution in [-0.4, -0.2) is 47.2 Å². The summed E-state index contributed by atoms with van der Waals surface area (Å²) in [6.45, 7) is 0.908. The highest BCUT2D eigenvalue weighted by molar-refractivity contribution is 6.00. The lowest BCUT2D eigenvalue weighted by atomic mass is 9.94. The minimum absolute atomic E-state index is 0.0154. The van der Waals surface area contributed by atoms with Crippen LogP contribution in [0.15, 0.2) is 48.5 Å². The summed E-state index contributed by atoms with van der Waals surface area (Å²) in [5.41, 5.74) is 0.206. The number of rotatable bonds is 5. The molecule has 0 aliphatic carbocycles. The first-order valence-corrected chi connectivity index (χ1v) is 10.7. The number of hydrogen-bond donors (Lipinski definition) is 1. The summed E-state index contributed by atoms with van der Waals surface area (Å²) >= 11 is 0. The lowest BCUT2D eigenvalue weighted by Gasteiger charge is -2.33. The Bertz CT molecular complexity index is 1090. The molecular weight excluding hydrogens is 431 g/mol. The van der Waals surface area contributed by atoms with Crippen LogP contribution in [0.1, 0.15) is 19.3 Å². The van der Waals surface area contributed by atoms with Crippen molar-refractivity contribution >= 4 is 34.8 Å². The first-order chi connectivity index (χ1) is 15.8. The van der Waals surface area contributed by atoms with Crippen molar-refractivity contribution in [2.75, 3.05) is 29.9 Å². The van der Waals surface area contributed by atoms with Gasteiger partial charge in [0.15, 0.2) is 0 Å². The van der Waals surface area contributed by atoms with Gasteiger partial charge in [0, 0.05) is 43.7 Å². The predicted octanol–water partition coefficient (Wildman–Crippen LogP) is 2.96. The largest absolute Gasteiger partial charge is 0.342 e. The molecule has 172 valence electrons. The molecule has 4 rings (SSSR count). The summed E-state index contributed by atoms with van der Waals surface area (Å²) in [7, 11) is 0. The zero-order valence-electron chi connectivity index (χ0n) is 17.8. The summed E-state index contributed by atoms with van der Waals surface area (Å²) in [4.78, 5) is 51.1. The average Bonchev–Trinajstić information content (AvgIpc) is 3.21. The molecule has 0 spiro atoms. The predicted molar refractivity (Wildman–Crippen MR) is 118 cm³/mol. The van der Waals surface area contributed by atoms with E-state index >= 15 is 0 Å². The maximum absolute atomic E-state index is 13.6. The second kappa shape index (κ2) is 9.35. The van der Waals surface area contributed by atoms with Gasteiger partial charge in [-0.2, -0.15) is 4.39 Å². The number of hydrogen-bond acceptors (Lipinski definition) is 5. The Morgan fingerprint density at radius 1 is 1.06 bits per heavy atom. The number of nitro groups is 1. The molecule has 0 aromatic heterocycles. The number of nitrogens with zero attached hydrogens (tertiary/aromatic N) is 3. The van der Waals surface area contributed by atoms with E-state index in [1.165, 1.54) is 11.0 Å². The van der Waals surface area contributed by atoms with Crippen molar-refractivity contribution in [1.29, 1.82) is 0 Å². The fourth-order valence-electron chi connectivity index (χ4n) is 4.32. The molecular formula is C23H23FN4O5. The van der Waals surface area contributed by atoms with Crippen LogP contribution >= 0.6 is 0 Å². The van der Waals surface area contributed by atoms with Gasteiger partial charge in [0.2, 0.25) is 23.5 Å². The molecule has 2 heterocycles. The molecule has 1 N–H and O–H groups in total. The van der Waals surface area contributed by atoms with Crippen molar-refractivity contribution in [2.24, 2.45) is 11.8 Å². The van der Waals surface area contributed by atoms with Crippen LogP contribution in [0, 0.1) is 27.8 Å². The van der Waals surface area contributed by atoms with Crippen LogP contribution in [0.25, 0.3) is 0 Å². The number of carbonyl (C=O) groups is 3. The van der Waals surface area contributed by atoms with Crippen molar-refractivity contribution in [3.63, 3.8) is 0 Å². The van der Waals surface area contributed by atoms with E-state index in [-0.39, 0.29) is 42.3 Å². The fraction of sp³-hybridized carbons (Fsp3) is 0.348. The number of benzene rings is 2. The first-order valence-electron chi connectivity index (χ1n) is 10.7. The van der Waals surface area contributed by atoms with Crippen LogP contribution < -0.4 is 10.2 Å². The molecule has 2 aliphatic heterocycles. The van der Waals surface area contributed by atoms with Gasteiger partial charge < -0.3 is 15.1 Å². The van der Waals surface area contributed by atoms with E-state index in [0.29, 0.717) is 25.9 Å². The SMILES string of the molecule is O=C(Nc1ccccc1)C1CCN(C(=O)C2CC(=O)N(c3ccc(F)c([N+](=O)[O-])c3)C2)CC1. The van der Waals surface area contributed by atoms with E-state index in [9.17, 15) is 28.9 Å². The van der Waals surface area contributed by atoms with E-state index in [2.05, 4.69) is 5.32 Å². The summed E-state index contributed by atoms with van der Waals surface area (Å²) in [5, 5.41) is 13.9. The summed E-state index contributed by atoms with van der Waals surface area (Å²) in [6.07, 6.45) is 1.04. The zero-order valence-corrected chi connectivity index (χ0v) is 17.8. The topological polar surface area (TPSA) is 113 Å². The van der Waals surface area contributed by atoms with E-state index < -0.39 is 22.3 Å². The van der Waals surface area contributed by atoms with Crippen LogP contribution in [0.4, 0.5) is 21.5 Å². The van der Waals surface area contributed by atoms with E-state index in [4.69, 9.17) is 0 Å². The fourth-order valence-corrected chi connectivity index (χ4v) is 4.32. The van der Waals surface area contributed by atoms with E-state index in [1.807, 2.05) is 30.3 Å². The number of para-hydroxylation sites is 1. The summed E-state index contributed by atoms with van der Waals surface area (Å²) < 4.78 is 13.6. The van der Waals surface area contributed by atoms with Crippen LogP contribution in [0.5, 0.6) is 0 Å². The molecule has 3 amide bonds. The Morgan fingerprint density at radius 2 is 1.76 bits per heavy atom. The molecule has 2 aromatic carbocycles.